The van der Waals surface area contributed by atoms with Crippen molar-refractivity contribution in [3.8, 4) is 5.75 Å². The monoisotopic (exact) mass is 428 g/mol. The van der Waals surface area contributed by atoms with Crippen molar-refractivity contribution in [1.29, 1.82) is 0 Å². The lowest BCUT2D eigenvalue weighted by atomic mass is 10.1. The number of ketones is 1. The lowest BCUT2D eigenvalue weighted by Gasteiger charge is -2.09. The molecule has 3 rings (SSSR count). The second-order valence-corrected chi connectivity index (χ2v) is 7.02. The summed E-state index contributed by atoms with van der Waals surface area (Å²) in [7, 11) is 1.64. The number of ether oxygens (including phenoxy) is 1. The maximum absolute atomic E-state index is 12.5. The van der Waals surface area contributed by atoms with Crippen LogP contribution in [0.25, 0.3) is 6.08 Å². The Balaban J connectivity index is 1.81. The Bertz CT molecular complexity index is 988. The molecule has 0 radical (unpaired) electrons. The number of allylic oxidation sites excluding steroid dienone is 1. The van der Waals surface area contributed by atoms with Crippen LogP contribution in [0.1, 0.15) is 34.1 Å². The molecule has 27 heavy (non-hydrogen) atoms. The summed E-state index contributed by atoms with van der Waals surface area (Å²) in [4.78, 5) is 12.5. The van der Waals surface area contributed by atoms with E-state index >= 15 is 0 Å². The van der Waals surface area contributed by atoms with Gasteiger partial charge in [0.2, 0.25) is 0 Å². The molecule has 0 N–H and O–H groups in total. The summed E-state index contributed by atoms with van der Waals surface area (Å²) in [6.45, 7) is 5.16. The summed E-state index contributed by atoms with van der Waals surface area (Å²) in [6, 6.07) is 5.83. The normalized spacial score (nSPS) is 11.3. The highest BCUT2D eigenvalue weighted by Crippen LogP contribution is 2.22. The van der Waals surface area contributed by atoms with Crippen molar-refractivity contribution in [1.82, 2.24) is 19.6 Å². The van der Waals surface area contributed by atoms with E-state index in [0.29, 0.717) is 12.1 Å². The van der Waals surface area contributed by atoms with Crippen LogP contribution in [0, 0.1) is 6.92 Å². The molecule has 6 nitrogen and oxygen atoms in total. The molecule has 0 amide bonds. The molecule has 7 heteroatoms. The van der Waals surface area contributed by atoms with Crippen molar-refractivity contribution in [2.24, 2.45) is 0 Å². The zero-order valence-electron chi connectivity index (χ0n) is 15.5. The Morgan fingerprint density at radius 3 is 2.74 bits per heavy atom. The Morgan fingerprint density at radius 1 is 1.30 bits per heavy atom. The quantitative estimate of drug-likeness (QED) is 0.419. The molecule has 0 atom stereocenters. The van der Waals surface area contributed by atoms with Gasteiger partial charge in [0.05, 0.1) is 35.6 Å². The number of rotatable bonds is 7. The van der Waals surface area contributed by atoms with Crippen molar-refractivity contribution in [2.75, 3.05) is 7.11 Å². The maximum Gasteiger partial charge on any atom is 0.189 e. The van der Waals surface area contributed by atoms with Crippen LogP contribution in [-0.2, 0) is 13.1 Å². The molecule has 3 aromatic rings. The van der Waals surface area contributed by atoms with E-state index in [0.717, 1.165) is 33.6 Å². The van der Waals surface area contributed by atoms with Crippen LogP contribution in [-0.4, -0.2) is 32.5 Å². The second kappa shape index (κ2) is 8.35. The smallest absolute Gasteiger partial charge is 0.189 e. The fourth-order valence-corrected chi connectivity index (χ4v) is 3.14. The summed E-state index contributed by atoms with van der Waals surface area (Å²) in [5.74, 6) is 0.728. The largest absolute Gasteiger partial charge is 0.496 e. The van der Waals surface area contributed by atoms with Crippen molar-refractivity contribution in [3.63, 3.8) is 0 Å². The topological polar surface area (TPSA) is 61.9 Å². The van der Waals surface area contributed by atoms with E-state index in [2.05, 4.69) is 26.1 Å². The number of halogens is 1. The van der Waals surface area contributed by atoms with Gasteiger partial charge in [-0.3, -0.25) is 14.2 Å². The van der Waals surface area contributed by atoms with Crippen molar-refractivity contribution in [3.05, 3.63) is 69.7 Å². The highest BCUT2D eigenvalue weighted by Gasteiger charge is 2.11. The first-order valence-electron chi connectivity index (χ1n) is 8.61. The minimum Gasteiger partial charge on any atom is -0.496 e. The SMILES string of the molecule is CCn1cc(C(=O)/C=C/c2ccc(OC)c(Cn3cc(Br)cn3)c2)c(C)n1. The molecular weight excluding hydrogens is 408 g/mol. The van der Waals surface area contributed by atoms with Gasteiger partial charge in [0.15, 0.2) is 5.78 Å². The number of carbonyl (C=O) groups excluding carboxylic acids is 1. The van der Waals surface area contributed by atoms with Crippen LogP contribution in [0.2, 0.25) is 0 Å². The minimum atomic E-state index is -0.0550. The van der Waals surface area contributed by atoms with Crippen molar-refractivity contribution in [2.45, 2.75) is 26.9 Å². The van der Waals surface area contributed by atoms with Crippen molar-refractivity contribution >= 4 is 27.8 Å². The van der Waals surface area contributed by atoms with Crippen LogP contribution >= 0.6 is 15.9 Å². The standard InChI is InChI=1S/C20H21BrN4O2/c1-4-24-13-18(14(2)23-24)19(26)7-5-15-6-8-20(27-3)16(9-15)11-25-12-17(21)10-22-25/h5-10,12-13H,4,11H2,1-3H3/b7-5+. The predicted molar refractivity (Wildman–Crippen MR) is 108 cm³/mol. The number of aromatic nitrogens is 4. The number of benzene rings is 1. The summed E-state index contributed by atoms with van der Waals surface area (Å²) >= 11 is 3.40. The third kappa shape index (κ3) is 4.54. The van der Waals surface area contributed by atoms with Crippen LogP contribution in [0.15, 0.2) is 47.3 Å². The van der Waals surface area contributed by atoms with Crippen LogP contribution in [0.4, 0.5) is 0 Å². The van der Waals surface area contributed by atoms with Crippen molar-refractivity contribution < 1.29 is 9.53 Å². The fraction of sp³-hybridized carbons (Fsp3) is 0.250. The number of hydrogen-bond donors (Lipinski definition) is 0. The molecular formula is C20H21BrN4O2. The number of nitrogens with zero attached hydrogens (tertiary/aromatic N) is 4. The zero-order chi connectivity index (χ0) is 19.4. The van der Waals surface area contributed by atoms with E-state index in [1.807, 2.05) is 49.0 Å². The van der Waals surface area contributed by atoms with Gasteiger partial charge in [0.25, 0.3) is 0 Å². The lowest BCUT2D eigenvalue weighted by Crippen LogP contribution is -2.02. The lowest BCUT2D eigenvalue weighted by molar-refractivity contribution is 0.104. The third-order valence-corrected chi connectivity index (χ3v) is 4.61. The Hall–Kier alpha value is -2.67. The molecule has 0 aliphatic rings. The van der Waals surface area contributed by atoms with Gasteiger partial charge in [-0.05, 0) is 53.5 Å². The van der Waals surface area contributed by atoms with E-state index in [1.54, 1.807) is 30.3 Å². The first-order valence-corrected chi connectivity index (χ1v) is 9.40. The molecule has 0 saturated heterocycles. The van der Waals surface area contributed by atoms with Gasteiger partial charge in [-0.25, -0.2) is 0 Å². The van der Waals surface area contributed by atoms with Gasteiger partial charge in [-0.1, -0.05) is 12.1 Å². The molecule has 1 aromatic carbocycles. The highest BCUT2D eigenvalue weighted by atomic mass is 79.9. The first kappa shape index (κ1) is 19.1. The minimum absolute atomic E-state index is 0.0550. The van der Waals surface area contributed by atoms with Gasteiger partial charge in [0.1, 0.15) is 5.75 Å². The Morgan fingerprint density at radius 2 is 2.11 bits per heavy atom. The zero-order valence-corrected chi connectivity index (χ0v) is 17.1. The molecule has 140 valence electrons. The molecule has 2 heterocycles. The summed E-state index contributed by atoms with van der Waals surface area (Å²) < 4.78 is 9.96. The first-order chi connectivity index (χ1) is 13.0. The van der Waals surface area contributed by atoms with Crippen LogP contribution in [0.5, 0.6) is 5.75 Å². The van der Waals surface area contributed by atoms with E-state index in [-0.39, 0.29) is 5.78 Å². The predicted octanol–water partition coefficient (Wildman–Crippen LogP) is 4.12. The molecule has 0 spiro atoms. The third-order valence-electron chi connectivity index (χ3n) is 4.20. The molecule has 0 fully saturated rings. The van der Waals surface area contributed by atoms with Gasteiger partial charge in [-0.15, -0.1) is 0 Å². The Labute approximate surface area is 166 Å². The summed E-state index contributed by atoms with van der Waals surface area (Å²) in [6.07, 6.45) is 8.83. The van der Waals surface area contributed by atoms with E-state index in [4.69, 9.17) is 4.74 Å². The molecule has 0 unspecified atom stereocenters. The van der Waals surface area contributed by atoms with E-state index in [1.165, 1.54) is 0 Å². The molecule has 2 aromatic heterocycles. The molecule has 0 saturated carbocycles. The van der Waals surface area contributed by atoms with Gasteiger partial charge < -0.3 is 4.74 Å². The molecule has 0 aliphatic heterocycles. The number of carbonyl (C=O) groups is 1. The van der Waals surface area contributed by atoms with E-state index < -0.39 is 0 Å². The fourth-order valence-electron chi connectivity index (χ4n) is 2.81. The summed E-state index contributed by atoms with van der Waals surface area (Å²) in [5, 5.41) is 8.61. The maximum atomic E-state index is 12.5. The number of hydrogen-bond acceptors (Lipinski definition) is 4. The number of methoxy groups -OCH3 is 1. The van der Waals surface area contributed by atoms with Crippen LogP contribution < -0.4 is 4.74 Å². The second-order valence-electron chi connectivity index (χ2n) is 6.11. The average molecular weight is 429 g/mol. The van der Waals surface area contributed by atoms with Gasteiger partial charge in [-0.2, -0.15) is 10.2 Å². The van der Waals surface area contributed by atoms with E-state index in [9.17, 15) is 4.79 Å². The molecule has 0 bridgehead atoms. The molecule has 0 aliphatic carbocycles. The van der Waals surface area contributed by atoms with Gasteiger partial charge >= 0.3 is 0 Å². The highest BCUT2D eigenvalue weighted by molar-refractivity contribution is 9.10. The Kier molecular flexibility index (Phi) is 5.91. The number of aryl methyl sites for hydroxylation is 2. The average Bonchev–Trinajstić information content (AvgIpc) is 3.25. The van der Waals surface area contributed by atoms with Crippen LogP contribution in [0.3, 0.4) is 0 Å². The summed E-state index contributed by atoms with van der Waals surface area (Å²) in [5.41, 5.74) is 3.28. The van der Waals surface area contributed by atoms with Gasteiger partial charge in [0, 0.05) is 24.5 Å².